The van der Waals surface area contributed by atoms with Crippen molar-refractivity contribution in [2.45, 2.75) is 50.3 Å². The Labute approximate surface area is 378 Å². The molecule has 2 fully saturated rings. The van der Waals surface area contributed by atoms with Crippen molar-refractivity contribution in [3.8, 4) is 11.5 Å². The van der Waals surface area contributed by atoms with Crippen LogP contribution < -0.4 is 19.7 Å². The van der Waals surface area contributed by atoms with Crippen molar-refractivity contribution in [3.63, 3.8) is 0 Å². The number of H-pyrrole nitrogens is 1. The quantitative estimate of drug-likeness (QED) is 0.0756. The molecule has 15 nitrogen and oxygen atoms in total. The molecule has 1 aliphatic carbocycles. The Kier molecular flexibility index (Phi) is 13.1. The molecule has 2 saturated heterocycles. The Morgan fingerprint density at radius 1 is 1.06 bits per heavy atom. The number of nitrogens with zero attached hydrogens (tertiary/aromatic N) is 4. The number of carbonyl (C=O) groups is 1. The molecule has 3 N–H and O–H groups in total. The second kappa shape index (κ2) is 18.6. The molecule has 5 aromatic rings. The molecular formula is C45H47ClF3N7O8S. The Morgan fingerprint density at radius 3 is 2.58 bits per heavy atom. The number of anilines is 2. The van der Waals surface area contributed by atoms with Gasteiger partial charge in [0.2, 0.25) is 0 Å². The van der Waals surface area contributed by atoms with Crippen LogP contribution >= 0.6 is 11.6 Å². The minimum absolute atomic E-state index is 0.0433. The van der Waals surface area contributed by atoms with Gasteiger partial charge in [0.25, 0.3) is 21.6 Å². The van der Waals surface area contributed by atoms with Crippen molar-refractivity contribution in [2.24, 2.45) is 5.41 Å². The van der Waals surface area contributed by atoms with Crippen LogP contribution in [-0.2, 0) is 25.7 Å². The summed E-state index contributed by atoms with van der Waals surface area (Å²) in [4.78, 5) is 36.5. The number of aromatic amines is 1. The summed E-state index contributed by atoms with van der Waals surface area (Å²) in [7, 11) is -4.64. The Hall–Kier alpha value is -5.73. The molecule has 3 aliphatic rings. The third-order valence-corrected chi connectivity index (χ3v) is 13.5. The van der Waals surface area contributed by atoms with Crippen LogP contribution in [0.1, 0.15) is 54.6 Å². The zero-order chi connectivity index (χ0) is 46.1. The molecule has 65 heavy (non-hydrogen) atoms. The Bertz CT molecular complexity index is 2750. The summed E-state index contributed by atoms with van der Waals surface area (Å²) >= 11 is 6.53. The standard InChI is InChI=1S/C45H47ClF3N7O8S/c1-44(2)11-9-29(37(23-44)35-6-3-30(20-38(35)46)45(47,48)49)26-54-13-15-55(16-14-54)31-4-7-36(41(21-31)64-32-19-28-10-12-50-42(28)52-24-32)43(57)53-65(60,61)34-5-8-39(40(22-34)56(58)59)51-25-33-27-62-17-18-63-33/h3-8,10,12,19-22,24,33,51H,9,11,13-18,23,25-27H2,1-2H3,(H,50,52)(H,53,57)/t33-/m1/s1. The number of hydrogen-bond donors (Lipinski definition) is 3. The average molecular weight is 938 g/mol. The Balaban J connectivity index is 1.01. The number of nitro groups is 1. The lowest BCUT2D eigenvalue weighted by molar-refractivity contribution is -0.384. The van der Waals surface area contributed by atoms with Gasteiger partial charge < -0.3 is 29.4 Å². The number of alkyl halides is 3. The summed E-state index contributed by atoms with van der Waals surface area (Å²) in [6.45, 7) is 8.70. The van der Waals surface area contributed by atoms with Gasteiger partial charge in [-0.15, -0.1) is 0 Å². The lowest BCUT2D eigenvalue weighted by atomic mass is 9.72. The number of nitrogens with one attached hydrogen (secondary N) is 3. The maximum atomic E-state index is 13.9. The number of amides is 1. The van der Waals surface area contributed by atoms with Gasteiger partial charge in [-0.25, -0.2) is 18.1 Å². The van der Waals surface area contributed by atoms with Gasteiger partial charge >= 0.3 is 6.18 Å². The largest absolute Gasteiger partial charge is 0.455 e. The lowest BCUT2D eigenvalue weighted by Crippen LogP contribution is -2.47. The van der Waals surface area contributed by atoms with Gasteiger partial charge in [-0.05, 0) is 84.3 Å². The second-order valence-electron chi connectivity index (χ2n) is 17.1. The fraction of sp³-hybridized carbons (Fsp3) is 0.378. The van der Waals surface area contributed by atoms with E-state index >= 15 is 0 Å². The molecule has 0 bridgehead atoms. The van der Waals surface area contributed by atoms with Crippen LogP contribution in [0, 0.1) is 15.5 Å². The summed E-state index contributed by atoms with van der Waals surface area (Å²) in [5.41, 5.74) is 2.67. The predicted molar refractivity (Wildman–Crippen MR) is 239 cm³/mol. The molecule has 0 unspecified atom stereocenters. The molecule has 344 valence electrons. The first-order valence-electron chi connectivity index (χ1n) is 21.0. The maximum absolute atomic E-state index is 13.9. The van der Waals surface area contributed by atoms with E-state index in [0.29, 0.717) is 75.9 Å². The molecule has 8 rings (SSSR count). The number of rotatable bonds is 13. The number of ether oxygens (including phenoxy) is 3. The summed E-state index contributed by atoms with van der Waals surface area (Å²) < 4.78 is 87.0. The highest BCUT2D eigenvalue weighted by Crippen LogP contribution is 2.46. The van der Waals surface area contributed by atoms with Crippen LogP contribution in [0.3, 0.4) is 0 Å². The molecule has 0 saturated carbocycles. The summed E-state index contributed by atoms with van der Waals surface area (Å²) in [6, 6.07) is 15.2. The highest BCUT2D eigenvalue weighted by molar-refractivity contribution is 7.90. The maximum Gasteiger partial charge on any atom is 0.416 e. The monoisotopic (exact) mass is 937 g/mol. The highest BCUT2D eigenvalue weighted by Gasteiger charge is 2.34. The molecule has 0 spiro atoms. The van der Waals surface area contributed by atoms with Crippen LogP contribution in [0.5, 0.6) is 11.5 Å². The number of benzene rings is 3. The smallest absolute Gasteiger partial charge is 0.416 e. The van der Waals surface area contributed by atoms with E-state index in [0.717, 1.165) is 53.6 Å². The third-order valence-electron chi connectivity index (χ3n) is 11.9. The predicted octanol–water partition coefficient (Wildman–Crippen LogP) is 8.67. The molecule has 4 heterocycles. The number of carbonyl (C=O) groups excluding carboxylic acids is 1. The molecule has 2 aromatic heterocycles. The lowest BCUT2D eigenvalue weighted by Gasteiger charge is -2.39. The van der Waals surface area contributed by atoms with Crippen molar-refractivity contribution in [1.82, 2.24) is 19.6 Å². The SMILES string of the molecule is CC1(C)CCC(CN2CCN(c3ccc(C(=O)NS(=O)(=O)c4ccc(NC[C@@H]5COCCO5)c([N+](=O)[O-])c4)c(Oc4cnc5[nH]ccc5c4)c3)CC2)=C(c2ccc(C(F)(F)F)cc2Cl)C1. The molecule has 0 radical (unpaired) electrons. The highest BCUT2D eigenvalue weighted by atomic mass is 35.5. The van der Waals surface area contributed by atoms with Crippen molar-refractivity contribution in [2.75, 3.05) is 69.3 Å². The zero-order valence-corrected chi connectivity index (χ0v) is 37.1. The molecule has 2 aliphatic heterocycles. The van der Waals surface area contributed by atoms with Gasteiger partial charge in [-0.2, -0.15) is 13.2 Å². The summed E-state index contributed by atoms with van der Waals surface area (Å²) in [5, 5.41) is 15.8. The van der Waals surface area contributed by atoms with Crippen LogP contribution in [0.4, 0.5) is 30.2 Å². The molecular weight excluding hydrogens is 891 g/mol. The minimum Gasteiger partial charge on any atom is -0.455 e. The number of pyridine rings is 1. The number of hydrogen-bond acceptors (Lipinski definition) is 12. The first kappa shape index (κ1) is 45.8. The summed E-state index contributed by atoms with van der Waals surface area (Å²) in [6.07, 6.45) is 0.732. The van der Waals surface area contributed by atoms with E-state index in [-0.39, 0.29) is 45.8 Å². The number of sulfonamides is 1. The first-order chi connectivity index (χ1) is 30.9. The number of piperazine rings is 1. The van der Waals surface area contributed by atoms with Crippen molar-refractivity contribution >= 4 is 61.2 Å². The van der Waals surface area contributed by atoms with Gasteiger partial charge in [0.05, 0.1) is 53.1 Å². The number of allylic oxidation sites excluding steroid dienone is 1. The van der Waals surface area contributed by atoms with E-state index in [1.807, 2.05) is 0 Å². The molecule has 3 aromatic carbocycles. The topological polar surface area (TPSA) is 181 Å². The van der Waals surface area contributed by atoms with Gasteiger partial charge in [-0.1, -0.05) is 37.1 Å². The minimum atomic E-state index is -4.64. The number of halogens is 4. The zero-order valence-electron chi connectivity index (χ0n) is 35.5. The van der Waals surface area contributed by atoms with E-state index in [9.17, 15) is 36.5 Å². The van der Waals surface area contributed by atoms with Gasteiger partial charge in [0.15, 0.2) is 0 Å². The number of nitro benzene ring substituents is 1. The normalized spacial score (nSPS) is 18.4. The fourth-order valence-electron chi connectivity index (χ4n) is 8.34. The number of aromatic nitrogens is 2. The third kappa shape index (κ3) is 10.7. The van der Waals surface area contributed by atoms with Crippen LogP contribution in [0.2, 0.25) is 5.02 Å². The molecule has 1 amide bonds. The van der Waals surface area contributed by atoms with Gasteiger partial charge in [0.1, 0.15) is 22.8 Å². The van der Waals surface area contributed by atoms with Gasteiger partial charge in [-0.3, -0.25) is 19.8 Å². The van der Waals surface area contributed by atoms with E-state index < -0.39 is 43.2 Å². The van der Waals surface area contributed by atoms with E-state index in [1.165, 1.54) is 24.4 Å². The van der Waals surface area contributed by atoms with Crippen molar-refractivity contribution in [3.05, 3.63) is 117 Å². The first-order valence-corrected chi connectivity index (χ1v) is 22.9. The van der Waals surface area contributed by atoms with Crippen molar-refractivity contribution < 1.29 is 45.5 Å². The fourth-order valence-corrected chi connectivity index (χ4v) is 9.62. The van der Waals surface area contributed by atoms with Crippen LogP contribution in [0.25, 0.3) is 16.6 Å². The van der Waals surface area contributed by atoms with E-state index in [1.54, 1.807) is 30.5 Å². The van der Waals surface area contributed by atoms with Crippen LogP contribution in [-0.4, -0.2) is 99.3 Å². The number of fused-ring (bicyclic) bond motifs is 1. The van der Waals surface area contributed by atoms with E-state index in [2.05, 4.69) is 43.7 Å². The van der Waals surface area contributed by atoms with Crippen LogP contribution in [0.15, 0.2) is 89.6 Å². The van der Waals surface area contributed by atoms with Gasteiger partial charge in [0, 0.05) is 73.7 Å². The summed E-state index contributed by atoms with van der Waals surface area (Å²) in [5.74, 6) is -0.700. The second-order valence-corrected chi connectivity index (χ2v) is 19.2. The van der Waals surface area contributed by atoms with Crippen molar-refractivity contribution in [1.29, 1.82) is 0 Å². The van der Waals surface area contributed by atoms with E-state index in [4.69, 9.17) is 25.8 Å². The molecule has 1 atom stereocenters. The Morgan fingerprint density at radius 2 is 1.86 bits per heavy atom. The average Bonchev–Trinajstić information content (AvgIpc) is 3.74. The molecule has 20 heteroatoms.